The highest BCUT2D eigenvalue weighted by Crippen LogP contribution is 2.29. The first-order valence-electron chi connectivity index (χ1n) is 13.4. The van der Waals surface area contributed by atoms with Crippen LogP contribution in [0.25, 0.3) is 0 Å². The van der Waals surface area contributed by atoms with Crippen molar-refractivity contribution in [2.75, 3.05) is 0 Å². The minimum Gasteiger partial charge on any atom is -0.318 e. The molecule has 0 aromatic heterocycles. The van der Waals surface area contributed by atoms with Gasteiger partial charge in [0.1, 0.15) is 0 Å². The molecule has 0 atom stereocenters. The molecule has 0 aliphatic heterocycles. The molecule has 0 heterocycles. The van der Waals surface area contributed by atoms with Crippen LogP contribution < -0.4 is 5.32 Å². The molecule has 0 radical (unpaired) electrons. The first-order chi connectivity index (χ1) is 14.2. The van der Waals surface area contributed by atoms with Crippen LogP contribution >= 0.6 is 0 Å². The molecule has 1 N–H and O–H groups in total. The number of hydrogen-bond acceptors (Lipinski definition) is 2. The normalized spacial score (nSPS) is 11.5. The van der Waals surface area contributed by atoms with Crippen molar-refractivity contribution in [1.29, 1.82) is 5.26 Å². The Morgan fingerprint density at radius 2 is 0.759 bits per heavy atom. The van der Waals surface area contributed by atoms with Crippen molar-refractivity contribution < 1.29 is 0 Å². The molecule has 172 valence electrons. The monoisotopic (exact) mass is 406 g/mol. The van der Waals surface area contributed by atoms with Crippen molar-refractivity contribution >= 4 is 0 Å². The molecule has 0 aliphatic carbocycles. The Morgan fingerprint density at radius 1 is 0.483 bits per heavy atom. The fraction of sp³-hybridized carbons (Fsp3) is 0.963. The molecular formula is C27H54N2. The van der Waals surface area contributed by atoms with E-state index in [1.165, 1.54) is 141 Å². The molecule has 0 saturated carbocycles. The third-order valence-electron chi connectivity index (χ3n) is 6.60. The maximum absolute atomic E-state index is 9.49. The van der Waals surface area contributed by atoms with Crippen LogP contribution in [-0.2, 0) is 0 Å². The van der Waals surface area contributed by atoms with Gasteiger partial charge in [-0.1, -0.05) is 143 Å². The topological polar surface area (TPSA) is 35.8 Å². The van der Waals surface area contributed by atoms with Crippen LogP contribution in [-0.4, -0.2) is 5.54 Å². The van der Waals surface area contributed by atoms with E-state index in [2.05, 4.69) is 32.3 Å². The predicted molar refractivity (Wildman–Crippen MR) is 130 cm³/mol. The highest BCUT2D eigenvalue weighted by molar-refractivity contribution is 4.93. The van der Waals surface area contributed by atoms with Crippen LogP contribution in [0.5, 0.6) is 0 Å². The lowest BCUT2D eigenvalue weighted by Gasteiger charge is -2.33. The summed E-state index contributed by atoms with van der Waals surface area (Å²) in [6.07, 6.45) is 31.5. The van der Waals surface area contributed by atoms with Crippen LogP contribution in [0.3, 0.4) is 0 Å². The molecule has 0 fully saturated rings. The van der Waals surface area contributed by atoms with E-state index in [-0.39, 0.29) is 5.54 Å². The second kappa shape index (κ2) is 22.0. The van der Waals surface area contributed by atoms with E-state index in [4.69, 9.17) is 0 Å². The fourth-order valence-electron chi connectivity index (χ4n) is 4.59. The van der Waals surface area contributed by atoms with E-state index in [1.54, 1.807) is 0 Å². The number of nitrogens with zero attached hydrogens (tertiary/aromatic N) is 1. The summed E-state index contributed by atoms with van der Waals surface area (Å²) in [6.45, 7) is 6.85. The minimum absolute atomic E-state index is 0.0771. The molecule has 0 spiro atoms. The smallest absolute Gasteiger partial charge is 0.177 e. The van der Waals surface area contributed by atoms with E-state index in [0.717, 1.165) is 0 Å². The molecule has 29 heavy (non-hydrogen) atoms. The lowest BCUT2D eigenvalue weighted by atomic mass is 9.81. The number of unbranched alkanes of at least 4 members (excludes halogenated alkanes) is 16. The second-order valence-electron chi connectivity index (χ2n) is 9.42. The van der Waals surface area contributed by atoms with Crippen molar-refractivity contribution in [3.8, 4) is 6.19 Å². The van der Waals surface area contributed by atoms with E-state index in [0.29, 0.717) is 0 Å². The Hall–Kier alpha value is -0.710. The van der Waals surface area contributed by atoms with Gasteiger partial charge in [-0.3, -0.25) is 0 Å². The zero-order valence-electron chi connectivity index (χ0n) is 20.5. The van der Waals surface area contributed by atoms with Gasteiger partial charge < -0.3 is 5.32 Å². The van der Waals surface area contributed by atoms with Crippen LogP contribution in [0.2, 0.25) is 0 Å². The van der Waals surface area contributed by atoms with Crippen molar-refractivity contribution in [3.63, 3.8) is 0 Å². The van der Waals surface area contributed by atoms with Gasteiger partial charge in [-0.25, -0.2) is 0 Å². The fourth-order valence-corrected chi connectivity index (χ4v) is 4.59. The average Bonchev–Trinajstić information content (AvgIpc) is 2.72. The van der Waals surface area contributed by atoms with E-state index in [1.807, 2.05) is 0 Å². The summed E-state index contributed by atoms with van der Waals surface area (Å²) >= 11 is 0. The molecule has 0 aliphatic rings. The zero-order chi connectivity index (χ0) is 21.5. The van der Waals surface area contributed by atoms with Gasteiger partial charge in [-0.2, -0.15) is 5.26 Å². The van der Waals surface area contributed by atoms with Crippen LogP contribution in [0, 0.1) is 11.5 Å². The summed E-state index contributed by atoms with van der Waals surface area (Å²) in [5.74, 6) is 0. The summed E-state index contributed by atoms with van der Waals surface area (Å²) in [5, 5.41) is 12.8. The maximum Gasteiger partial charge on any atom is 0.177 e. The number of hydrogen-bond donors (Lipinski definition) is 1. The van der Waals surface area contributed by atoms with Crippen LogP contribution in [0.1, 0.15) is 162 Å². The molecule has 2 nitrogen and oxygen atoms in total. The summed E-state index contributed by atoms with van der Waals surface area (Å²) in [7, 11) is 0. The van der Waals surface area contributed by atoms with Gasteiger partial charge in [-0.05, 0) is 19.3 Å². The quantitative estimate of drug-likeness (QED) is 0.104. The Morgan fingerprint density at radius 3 is 1.03 bits per heavy atom. The van der Waals surface area contributed by atoms with Crippen LogP contribution in [0.4, 0.5) is 0 Å². The van der Waals surface area contributed by atoms with E-state index in [9.17, 15) is 5.26 Å². The largest absolute Gasteiger partial charge is 0.318 e. The SMILES string of the molecule is CCCCCCCCCC(CCCCCCCC)(CCCCCCCC)NC#N. The molecule has 2 heteroatoms. The molecular weight excluding hydrogens is 352 g/mol. The van der Waals surface area contributed by atoms with Crippen molar-refractivity contribution in [3.05, 3.63) is 0 Å². The highest BCUT2D eigenvalue weighted by Gasteiger charge is 2.28. The Bertz CT molecular complexity index is 342. The number of nitriles is 1. The van der Waals surface area contributed by atoms with Gasteiger partial charge in [0, 0.05) is 5.54 Å². The first kappa shape index (κ1) is 28.3. The van der Waals surface area contributed by atoms with Gasteiger partial charge in [0.05, 0.1) is 0 Å². The Balaban J connectivity index is 4.41. The molecule has 0 aromatic rings. The molecule has 0 saturated heterocycles. The lowest BCUT2D eigenvalue weighted by molar-refractivity contribution is 0.265. The first-order valence-corrected chi connectivity index (χ1v) is 13.4. The summed E-state index contributed by atoms with van der Waals surface area (Å²) < 4.78 is 0. The number of nitrogens with one attached hydrogen (secondary N) is 1. The van der Waals surface area contributed by atoms with Gasteiger partial charge in [-0.15, -0.1) is 0 Å². The van der Waals surface area contributed by atoms with Gasteiger partial charge in [0.2, 0.25) is 0 Å². The summed E-state index contributed by atoms with van der Waals surface area (Å²) in [6, 6.07) is 0. The average molecular weight is 407 g/mol. The van der Waals surface area contributed by atoms with Crippen molar-refractivity contribution in [2.45, 2.75) is 168 Å². The zero-order valence-corrected chi connectivity index (χ0v) is 20.5. The maximum atomic E-state index is 9.49. The van der Waals surface area contributed by atoms with Crippen molar-refractivity contribution in [1.82, 2.24) is 5.32 Å². The van der Waals surface area contributed by atoms with E-state index >= 15 is 0 Å². The predicted octanol–water partition coefficient (Wildman–Crippen LogP) is 9.44. The molecule has 0 unspecified atom stereocenters. The van der Waals surface area contributed by atoms with Crippen LogP contribution in [0.15, 0.2) is 0 Å². The lowest BCUT2D eigenvalue weighted by Crippen LogP contribution is -2.42. The van der Waals surface area contributed by atoms with Crippen molar-refractivity contribution in [2.24, 2.45) is 0 Å². The Kier molecular flexibility index (Phi) is 21.4. The summed E-state index contributed by atoms with van der Waals surface area (Å²) in [5.41, 5.74) is 0.0771. The molecule has 0 amide bonds. The van der Waals surface area contributed by atoms with Gasteiger partial charge >= 0.3 is 0 Å². The standard InChI is InChI=1S/C27H54N2/c1-4-7-10-13-16-19-22-25-27(29-26-28,23-20-17-14-11-8-5-2)24-21-18-15-12-9-6-3/h29H,4-25H2,1-3H3. The minimum atomic E-state index is 0.0771. The van der Waals surface area contributed by atoms with Gasteiger partial charge in [0.25, 0.3) is 0 Å². The molecule has 0 bridgehead atoms. The summed E-state index contributed by atoms with van der Waals surface area (Å²) in [4.78, 5) is 0. The molecule has 0 aromatic carbocycles. The third-order valence-corrected chi connectivity index (χ3v) is 6.60. The van der Waals surface area contributed by atoms with Gasteiger partial charge in [0.15, 0.2) is 6.19 Å². The third kappa shape index (κ3) is 17.8. The Labute approximate surface area is 184 Å². The van der Waals surface area contributed by atoms with E-state index < -0.39 is 0 Å². The highest BCUT2D eigenvalue weighted by atomic mass is 15.0. The molecule has 0 rings (SSSR count). The number of rotatable bonds is 23. The second-order valence-corrected chi connectivity index (χ2v) is 9.42.